The molecule has 7 heteroatoms. The fourth-order valence-corrected chi connectivity index (χ4v) is 2.55. The zero-order chi connectivity index (χ0) is 17.3. The zero-order valence-corrected chi connectivity index (χ0v) is 15.4. The SMILES string of the molecule is Cc1nn(C(=O)c2ccc(COc3ccc(Cl)cc3)o2)c(C)c1Br. The molecule has 1 aromatic carbocycles. The van der Waals surface area contributed by atoms with Gasteiger partial charge in [-0.2, -0.15) is 9.78 Å². The van der Waals surface area contributed by atoms with Gasteiger partial charge in [-0.05, 0) is 66.2 Å². The Hall–Kier alpha value is -2.05. The number of benzene rings is 1. The maximum Gasteiger partial charge on any atom is 0.314 e. The normalized spacial score (nSPS) is 10.8. The van der Waals surface area contributed by atoms with Gasteiger partial charge in [0.2, 0.25) is 0 Å². The third-order valence-corrected chi connectivity index (χ3v) is 4.86. The topological polar surface area (TPSA) is 57.3 Å². The predicted molar refractivity (Wildman–Crippen MR) is 93.6 cm³/mol. The second-order valence-electron chi connectivity index (χ2n) is 5.21. The summed E-state index contributed by atoms with van der Waals surface area (Å²) in [6.45, 7) is 3.86. The van der Waals surface area contributed by atoms with E-state index in [2.05, 4.69) is 21.0 Å². The largest absolute Gasteiger partial charge is 0.486 e. The Kier molecular flexibility index (Phi) is 4.78. The van der Waals surface area contributed by atoms with Gasteiger partial charge < -0.3 is 9.15 Å². The average Bonchev–Trinajstić information content (AvgIpc) is 3.14. The Morgan fingerprint density at radius 2 is 1.96 bits per heavy atom. The van der Waals surface area contributed by atoms with Crippen molar-refractivity contribution in [1.29, 1.82) is 0 Å². The highest BCUT2D eigenvalue weighted by Gasteiger charge is 2.19. The maximum absolute atomic E-state index is 12.5. The molecular formula is C17H14BrClN2O3. The highest BCUT2D eigenvalue weighted by Crippen LogP contribution is 2.22. The molecule has 0 N–H and O–H groups in total. The van der Waals surface area contributed by atoms with Gasteiger partial charge in [-0.15, -0.1) is 0 Å². The van der Waals surface area contributed by atoms with Crippen molar-refractivity contribution in [2.75, 3.05) is 0 Å². The van der Waals surface area contributed by atoms with Gasteiger partial charge in [-0.1, -0.05) is 11.6 Å². The lowest BCUT2D eigenvalue weighted by molar-refractivity contribution is 0.0910. The number of hydrogen-bond donors (Lipinski definition) is 0. The molecule has 0 bridgehead atoms. The minimum atomic E-state index is -0.320. The molecule has 24 heavy (non-hydrogen) atoms. The van der Waals surface area contributed by atoms with E-state index in [-0.39, 0.29) is 18.3 Å². The molecule has 3 aromatic rings. The molecule has 0 fully saturated rings. The van der Waals surface area contributed by atoms with Gasteiger partial charge in [0, 0.05) is 5.02 Å². The highest BCUT2D eigenvalue weighted by molar-refractivity contribution is 9.10. The summed E-state index contributed by atoms with van der Waals surface area (Å²) in [6, 6.07) is 10.4. The van der Waals surface area contributed by atoms with Crippen LogP contribution in [0.3, 0.4) is 0 Å². The van der Waals surface area contributed by atoms with E-state index in [9.17, 15) is 4.79 Å². The Balaban J connectivity index is 1.71. The van der Waals surface area contributed by atoms with Crippen molar-refractivity contribution < 1.29 is 13.9 Å². The number of carbonyl (C=O) groups is 1. The van der Waals surface area contributed by atoms with Crippen molar-refractivity contribution in [3.05, 3.63) is 68.8 Å². The predicted octanol–water partition coefficient (Wildman–Crippen LogP) is 4.78. The summed E-state index contributed by atoms with van der Waals surface area (Å²) in [5.41, 5.74) is 1.48. The van der Waals surface area contributed by atoms with Crippen LogP contribution in [0.4, 0.5) is 0 Å². The van der Waals surface area contributed by atoms with E-state index in [1.54, 1.807) is 36.4 Å². The summed E-state index contributed by atoms with van der Waals surface area (Å²) >= 11 is 9.23. The summed E-state index contributed by atoms with van der Waals surface area (Å²) in [5.74, 6) is 1.11. The molecule has 0 saturated carbocycles. The summed E-state index contributed by atoms with van der Waals surface area (Å²) in [4.78, 5) is 12.5. The molecule has 0 unspecified atom stereocenters. The first-order valence-electron chi connectivity index (χ1n) is 7.19. The summed E-state index contributed by atoms with van der Waals surface area (Å²) in [5, 5.41) is 4.86. The maximum atomic E-state index is 12.5. The van der Waals surface area contributed by atoms with E-state index in [4.69, 9.17) is 20.8 Å². The second kappa shape index (κ2) is 6.83. The van der Waals surface area contributed by atoms with Crippen LogP contribution in [0.1, 0.15) is 27.7 Å². The van der Waals surface area contributed by atoms with E-state index < -0.39 is 0 Å². The average molecular weight is 410 g/mol. The van der Waals surface area contributed by atoms with Gasteiger partial charge in [-0.3, -0.25) is 4.79 Å². The van der Waals surface area contributed by atoms with Crippen molar-refractivity contribution in [1.82, 2.24) is 9.78 Å². The van der Waals surface area contributed by atoms with Crippen LogP contribution in [0.15, 0.2) is 45.3 Å². The van der Waals surface area contributed by atoms with Crippen molar-refractivity contribution in [3.8, 4) is 5.75 Å². The zero-order valence-electron chi connectivity index (χ0n) is 13.0. The summed E-state index contributed by atoms with van der Waals surface area (Å²) < 4.78 is 13.3. The smallest absolute Gasteiger partial charge is 0.314 e. The lowest BCUT2D eigenvalue weighted by atomic mass is 10.3. The third kappa shape index (κ3) is 3.39. The molecule has 124 valence electrons. The Labute approximate surface area is 152 Å². The summed E-state index contributed by atoms with van der Waals surface area (Å²) in [7, 11) is 0. The number of hydrogen-bond acceptors (Lipinski definition) is 4. The third-order valence-electron chi connectivity index (χ3n) is 3.46. The highest BCUT2D eigenvalue weighted by atomic mass is 79.9. The number of carbonyl (C=O) groups excluding carboxylic acids is 1. The molecular weight excluding hydrogens is 396 g/mol. The molecule has 0 aliphatic rings. The van der Waals surface area contributed by atoms with Gasteiger partial charge >= 0.3 is 5.91 Å². The quantitative estimate of drug-likeness (QED) is 0.622. The number of halogens is 2. The fraction of sp³-hybridized carbons (Fsp3) is 0.176. The second-order valence-corrected chi connectivity index (χ2v) is 6.44. The molecule has 0 radical (unpaired) electrons. The first-order valence-corrected chi connectivity index (χ1v) is 8.36. The van der Waals surface area contributed by atoms with Crippen LogP contribution in [0.2, 0.25) is 5.02 Å². The van der Waals surface area contributed by atoms with E-state index >= 15 is 0 Å². The van der Waals surface area contributed by atoms with Gasteiger partial charge in [0.05, 0.1) is 15.9 Å². The van der Waals surface area contributed by atoms with Crippen LogP contribution in [-0.4, -0.2) is 15.7 Å². The number of ether oxygens (including phenoxy) is 1. The number of aromatic nitrogens is 2. The standard InChI is InChI=1S/C17H14BrClN2O3/c1-10-16(18)11(2)21(20-10)17(22)15-8-7-14(24-15)9-23-13-5-3-12(19)4-6-13/h3-8H,9H2,1-2H3. The molecule has 0 atom stereocenters. The molecule has 0 aliphatic carbocycles. The Morgan fingerprint density at radius 1 is 1.25 bits per heavy atom. The Bertz CT molecular complexity index is 884. The number of furan rings is 1. The minimum absolute atomic E-state index is 0.211. The molecule has 3 rings (SSSR count). The number of rotatable bonds is 4. The lowest BCUT2D eigenvalue weighted by Crippen LogP contribution is -2.14. The van der Waals surface area contributed by atoms with E-state index in [1.165, 1.54) is 4.68 Å². The van der Waals surface area contributed by atoms with E-state index in [0.717, 1.165) is 15.9 Å². The molecule has 0 spiro atoms. The number of aryl methyl sites for hydroxylation is 1. The first-order chi connectivity index (χ1) is 11.5. The number of nitrogens with zero attached hydrogens (tertiary/aromatic N) is 2. The van der Waals surface area contributed by atoms with Gasteiger partial charge in [0.1, 0.15) is 18.1 Å². The molecule has 0 amide bonds. The van der Waals surface area contributed by atoms with Crippen LogP contribution in [0.5, 0.6) is 5.75 Å². The van der Waals surface area contributed by atoms with Crippen LogP contribution in [0.25, 0.3) is 0 Å². The van der Waals surface area contributed by atoms with Crippen molar-refractivity contribution >= 4 is 33.4 Å². The molecule has 2 heterocycles. The van der Waals surface area contributed by atoms with Crippen LogP contribution < -0.4 is 4.74 Å². The minimum Gasteiger partial charge on any atom is -0.486 e. The van der Waals surface area contributed by atoms with E-state index in [0.29, 0.717) is 16.5 Å². The van der Waals surface area contributed by atoms with Gasteiger partial charge in [-0.25, -0.2) is 0 Å². The molecule has 5 nitrogen and oxygen atoms in total. The molecule has 0 aliphatic heterocycles. The monoisotopic (exact) mass is 408 g/mol. The van der Waals surface area contributed by atoms with Crippen LogP contribution in [0, 0.1) is 13.8 Å². The Morgan fingerprint density at radius 3 is 2.58 bits per heavy atom. The van der Waals surface area contributed by atoms with E-state index in [1.807, 2.05) is 13.8 Å². The molecule has 0 saturated heterocycles. The lowest BCUT2D eigenvalue weighted by Gasteiger charge is -2.04. The van der Waals surface area contributed by atoms with Crippen molar-refractivity contribution in [3.63, 3.8) is 0 Å². The van der Waals surface area contributed by atoms with Gasteiger partial charge in [0.25, 0.3) is 0 Å². The molecule has 2 aromatic heterocycles. The van der Waals surface area contributed by atoms with Gasteiger partial charge in [0.15, 0.2) is 5.76 Å². The van der Waals surface area contributed by atoms with Crippen LogP contribution >= 0.6 is 27.5 Å². The van der Waals surface area contributed by atoms with Crippen molar-refractivity contribution in [2.45, 2.75) is 20.5 Å². The fourth-order valence-electron chi connectivity index (χ4n) is 2.18. The summed E-state index contributed by atoms with van der Waals surface area (Å²) in [6.07, 6.45) is 0. The van der Waals surface area contributed by atoms with Crippen molar-refractivity contribution in [2.24, 2.45) is 0 Å². The first kappa shape index (κ1) is 16.8. The van der Waals surface area contributed by atoms with Crippen LogP contribution in [-0.2, 0) is 6.61 Å².